The van der Waals surface area contributed by atoms with Crippen LogP contribution in [0, 0.1) is 10.5 Å². The largest absolute Gasteiger partial charge is 0.464 e. The van der Waals surface area contributed by atoms with E-state index in [-0.39, 0.29) is 5.56 Å². The lowest BCUT2D eigenvalue weighted by molar-refractivity contribution is 0.481. The van der Waals surface area contributed by atoms with Crippen LogP contribution in [0.25, 0.3) is 0 Å². The van der Waals surface area contributed by atoms with Gasteiger partial charge in [0.25, 0.3) is 5.56 Å². The van der Waals surface area contributed by atoms with E-state index in [2.05, 4.69) is 9.97 Å². The molecule has 0 radical (unpaired) electrons. The van der Waals surface area contributed by atoms with E-state index < -0.39 is 0 Å². The van der Waals surface area contributed by atoms with Crippen molar-refractivity contribution in [2.45, 2.75) is 13.5 Å². The van der Waals surface area contributed by atoms with Crippen LogP contribution in [-0.4, -0.2) is 17.0 Å². The number of aromatic amines is 1. The van der Waals surface area contributed by atoms with Crippen LogP contribution < -0.4 is 10.5 Å². The number of aromatic nitrogens is 2. The summed E-state index contributed by atoms with van der Waals surface area (Å²) in [4.78, 5) is 20.0. The quantitative estimate of drug-likeness (QED) is 0.864. The van der Waals surface area contributed by atoms with Crippen LogP contribution in [0.4, 0.5) is 5.82 Å². The minimum atomic E-state index is -0.127. The van der Waals surface area contributed by atoms with Crippen molar-refractivity contribution in [3.8, 4) is 0 Å². The monoisotopic (exact) mass is 345 g/mol. The first-order valence-electron chi connectivity index (χ1n) is 5.07. The van der Waals surface area contributed by atoms with Gasteiger partial charge in [-0.3, -0.25) is 4.79 Å². The molecule has 2 heterocycles. The Balaban J connectivity index is 2.23. The molecule has 2 aromatic heterocycles. The van der Waals surface area contributed by atoms with Crippen LogP contribution in [0.15, 0.2) is 27.7 Å². The summed E-state index contributed by atoms with van der Waals surface area (Å²) in [7, 11) is 1.88. The van der Waals surface area contributed by atoms with Gasteiger partial charge in [0.15, 0.2) is 0 Å². The maximum absolute atomic E-state index is 11.4. The Labute approximate surface area is 112 Å². The summed E-state index contributed by atoms with van der Waals surface area (Å²) < 4.78 is 6.07. The molecule has 0 unspecified atom stereocenters. The Bertz CT molecular complexity index is 576. The molecule has 5 nitrogen and oxygen atoms in total. The van der Waals surface area contributed by atoms with Crippen molar-refractivity contribution in [3.05, 3.63) is 43.9 Å². The Kier molecular flexibility index (Phi) is 3.51. The van der Waals surface area contributed by atoms with E-state index in [1.807, 2.05) is 53.6 Å². The van der Waals surface area contributed by atoms with E-state index in [0.29, 0.717) is 15.9 Å². The van der Waals surface area contributed by atoms with Gasteiger partial charge in [0, 0.05) is 7.05 Å². The molecule has 0 bridgehead atoms. The molecule has 0 aromatic carbocycles. The zero-order valence-corrected chi connectivity index (χ0v) is 11.7. The van der Waals surface area contributed by atoms with E-state index >= 15 is 0 Å². The standard InChI is InChI=1S/C11H12IN3O2/c1-7-3-4-8(17-7)5-15(2)10-9(12)11(16)14-6-13-10/h3-4,6H,5H2,1-2H3,(H,13,14,16). The van der Waals surface area contributed by atoms with Crippen molar-refractivity contribution in [3.63, 3.8) is 0 Å². The van der Waals surface area contributed by atoms with Crippen LogP contribution in [0.2, 0.25) is 0 Å². The molecule has 1 N–H and O–H groups in total. The molecular formula is C11H12IN3O2. The molecule has 0 fully saturated rings. The van der Waals surface area contributed by atoms with Gasteiger partial charge in [0.05, 0.1) is 12.9 Å². The Morgan fingerprint density at radius 2 is 2.29 bits per heavy atom. The molecule has 0 aliphatic heterocycles. The normalized spacial score (nSPS) is 10.5. The van der Waals surface area contributed by atoms with Crippen molar-refractivity contribution in [1.82, 2.24) is 9.97 Å². The molecule has 17 heavy (non-hydrogen) atoms. The molecule has 0 spiro atoms. The number of H-pyrrole nitrogens is 1. The van der Waals surface area contributed by atoms with Gasteiger partial charge >= 0.3 is 0 Å². The van der Waals surface area contributed by atoms with Gasteiger partial charge in [0.1, 0.15) is 20.9 Å². The van der Waals surface area contributed by atoms with E-state index in [1.54, 1.807) is 0 Å². The molecular weight excluding hydrogens is 333 g/mol. The fraction of sp³-hybridized carbons (Fsp3) is 0.273. The topological polar surface area (TPSA) is 62.1 Å². The first-order chi connectivity index (χ1) is 8.08. The predicted molar refractivity (Wildman–Crippen MR) is 73.1 cm³/mol. The molecule has 2 aromatic rings. The Morgan fingerprint density at radius 1 is 1.53 bits per heavy atom. The van der Waals surface area contributed by atoms with Crippen molar-refractivity contribution in [1.29, 1.82) is 0 Å². The van der Waals surface area contributed by atoms with Gasteiger partial charge in [-0.1, -0.05) is 0 Å². The SMILES string of the molecule is Cc1ccc(CN(C)c2nc[nH]c(=O)c2I)o1. The fourth-order valence-corrected chi connectivity index (χ4v) is 2.23. The van der Waals surface area contributed by atoms with Crippen LogP contribution in [-0.2, 0) is 6.54 Å². The number of anilines is 1. The van der Waals surface area contributed by atoms with Gasteiger partial charge < -0.3 is 14.3 Å². The highest BCUT2D eigenvalue weighted by Crippen LogP contribution is 2.17. The number of rotatable bonds is 3. The molecule has 0 atom stereocenters. The second-order valence-electron chi connectivity index (χ2n) is 3.74. The molecule has 90 valence electrons. The average Bonchev–Trinajstić information content (AvgIpc) is 2.68. The number of hydrogen-bond donors (Lipinski definition) is 1. The Morgan fingerprint density at radius 3 is 2.94 bits per heavy atom. The molecule has 0 saturated heterocycles. The van der Waals surface area contributed by atoms with Crippen molar-refractivity contribution < 1.29 is 4.42 Å². The van der Waals surface area contributed by atoms with Crippen LogP contribution >= 0.6 is 22.6 Å². The van der Waals surface area contributed by atoms with E-state index in [9.17, 15) is 4.79 Å². The maximum Gasteiger partial charge on any atom is 0.266 e. The predicted octanol–water partition coefficient (Wildman–Crippen LogP) is 1.91. The van der Waals surface area contributed by atoms with E-state index in [1.165, 1.54) is 6.33 Å². The van der Waals surface area contributed by atoms with E-state index in [0.717, 1.165) is 11.5 Å². The maximum atomic E-state index is 11.4. The third-order valence-corrected chi connectivity index (χ3v) is 3.30. The molecule has 0 aliphatic rings. The van der Waals surface area contributed by atoms with Crippen LogP contribution in [0.3, 0.4) is 0 Å². The second-order valence-corrected chi connectivity index (χ2v) is 4.82. The first kappa shape index (κ1) is 12.2. The molecule has 6 heteroatoms. The summed E-state index contributed by atoms with van der Waals surface area (Å²) in [6.07, 6.45) is 1.41. The van der Waals surface area contributed by atoms with Gasteiger partial charge in [0.2, 0.25) is 0 Å². The number of nitrogens with one attached hydrogen (secondary N) is 1. The lowest BCUT2D eigenvalue weighted by Gasteiger charge is -2.17. The molecule has 0 aliphatic carbocycles. The summed E-state index contributed by atoms with van der Waals surface area (Å²) >= 11 is 1.99. The van der Waals surface area contributed by atoms with Gasteiger partial charge in [-0.05, 0) is 41.6 Å². The summed E-state index contributed by atoms with van der Waals surface area (Å²) in [5, 5.41) is 0. The third-order valence-electron chi connectivity index (χ3n) is 2.33. The first-order valence-corrected chi connectivity index (χ1v) is 6.15. The fourth-order valence-electron chi connectivity index (χ4n) is 1.52. The highest BCUT2D eigenvalue weighted by Gasteiger charge is 2.11. The number of furan rings is 1. The van der Waals surface area contributed by atoms with Gasteiger partial charge in [-0.2, -0.15) is 0 Å². The lowest BCUT2D eigenvalue weighted by Crippen LogP contribution is -2.23. The summed E-state index contributed by atoms with van der Waals surface area (Å²) in [6, 6.07) is 3.84. The van der Waals surface area contributed by atoms with Crippen molar-refractivity contribution in [2.75, 3.05) is 11.9 Å². The Hall–Kier alpha value is -1.31. The smallest absolute Gasteiger partial charge is 0.266 e. The van der Waals surface area contributed by atoms with Crippen LogP contribution in [0.1, 0.15) is 11.5 Å². The van der Waals surface area contributed by atoms with E-state index in [4.69, 9.17) is 4.42 Å². The van der Waals surface area contributed by atoms with Crippen molar-refractivity contribution >= 4 is 28.4 Å². The number of halogens is 1. The lowest BCUT2D eigenvalue weighted by atomic mass is 10.4. The average molecular weight is 345 g/mol. The highest BCUT2D eigenvalue weighted by atomic mass is 127. The van der Waals surface area contributed by atoms with Crippen molar-refractivity contribution in [2.24, 2.45) is 0 Å². The molecule has 0 amide bonds. The number of aryl methyl sites for hydroxylation is 1. The number of hydrogen-bond acceptors (Lipinski definition) is 4. The molecule has 2 rings (SSSR count). The van der Waals surface area contributed by atoms with Crippen LogP contribution in [0.5, 0.6) is 0 Å². The molecule has 0 saturated carbocycles. The van der Waals surface area contributed by atoms with Gasteiger partial charge in [-0.25, -0.2) is 4.98 Å². The summed E-state index contributed by atoms with van der Waals surface area (Å²) in [5.74, 6) is 2.38. The van der Waals surface area contributed by atoms with Gasteiger partial charge in [-0.15, -0.1) is 0 Å². The zero-order chi connectivity index (χ0) is 12.4. The summed E-state index contributed by atoms with van der Waals surface area (Å²) in [6.45, 7) is 2.49. The zero-order valence-electron chi connectivity index (χ0n) is 9.53. The minimum Gasteiger partial charge on any atom is -0.464 e. The minimum absolute atomic E-state index is 0.127. The summed E-state index contributed by atoms with van der Waals surface area (Å²) in [5.41, 5.74) is -0.127. The number of nitrogens with zero attached hydrogens (tertiary/aromatic N) is 2. The second kappa shape index (κ2) is 4.91. The highest BCUT2D eigenvalue weighted by molar-refractivity contribution is 14.1. The third kappa shape index (κ3) is 2.68.